The lowest BCUT2D eigenvalue weighted by Gasteiger charge is -2.05. The maximum Gasteiger partial charge on any atom is 0.136 e. The number of rotatable bonds is 3. The molecule has 2 aromatic rings. The van der Waals surface area contributed by atoms with Gasteiger partial charge < -0.3 is 5.73 Å². The zero-order chi connectivity index (χ0) is 13.1. The normalized spacial score (nSPS) is 10.6. The molecule has 0 fully saturated rings. The summed E-state index contributed by atoms with van der Waals surface area (Å²) in [7, 11) is 0. The molecule has 0 aliphatic rings. The summed E-state index contributed by atoms with van der Waals surface area (Å²) in [5.41, 5.74) is 6.15. The summed E-state index contributed by atoms with van der Waals surface area (Å²) >= 11 is 1.04. The molecule has 0 amide bonds. The number of hydrogen-bond donors (Lipinski definition) is 1. The average Bonchev–Trinajstić information content (AvgIpc) is 2.32. The molecule has 0 saturated heterocycles. The summed E-state index contributed by atoms with van der Waals surface area (Å²) in [6.45, 7) is 0. The third-order valence-electron chi connectivity index (χ3n) is 2.35. The summed E-state index contributed by atoms with van der Waals surface area (Å²) in [6, 6.07) is 7.50. The highest BCUT2D eigenvalue weighted by molar-refractivity contribution is 7.98. The van der Waals surface area contributed by atoms with E-state index in [-0.39, 0.29) is 10.6 Å². The van der Waals surface area contributed by atoms with Crippen molar-refractivity contribution >= 4 is 17.4 Å². The first-order valence-corrected chi connectivity index (χ1v) is 6.16. The fourth-order valence-electron chi connectivity index (χ4n) is 1.42. The minimum absolute atomic E-state index is 0.159. The van der Waals surface area contributed by atoms with E-state index in [0.29, 0.717) is 11.3 Å². The first-order valence-electron chi connectivity index (χ1n) is 5.18. The monoisotopic (exact) mass is 269 g/mol. The van der Waals surface area contributed by atoms with Crippen molar-refractivity contribution in [3.63, 3.8) is 0 Å². The van der Waals surface area contributed by atoms with Crippen LogP contribution >= 0.6 is 11.8 Å². The maximum absolute atomic E-state index is 13.5. The van der Waals surface area contributed by atoms with Gasteiger partial charge >= 0.3 is 0 Å². The Morgan fingerprint density at radius 3 is 2.44 bits per heavy atom. The van der Waals surface area contributed by atoms with E-state index in [1.54, 1.807) is 6.07 Å². The summed E-state index contributed by atoms with van der Waals surface area (Å²) in [6.07, 6.45) is 0. The zero-order valence-electron chi connectivity index (χ0n) is 9.29. The van der Waals surface area contributed by atoms with Gasteiger partial charge in [0.1, 0.15) is 17.5 Å². The van der Waals surface area contributed by atoms with Crippen molar-refractivity contribution in [3.05, 3.63) is 59.4 Å². The number of halogens is 3. The third-order valence-corrected chi connectivity index (χ3v) is 3.43. The molecule has 0 spiro atoms. The van der Waals surface area contributed by atoms with E-state index in [1.807, 2.05) is 0 Å². The number of hydrogen-bond acceptors (Lipinski definition) is 2. The summed E-state index contributed by atoms with van der Waals surface area (Å²) in [4.78, 5) is 0.159. The van der Waals surface area contributed by atoms with Gasteiger partial charge in [-0.2, -0.15) is 0 Å². The van der Waals surface area contributed by atoms with Gasteiger partial charge in [0.05, 0.1) is 0 Å². The van der Waals surface area contributed by atoms with Crippen LogP contribution in [-0.4, -0.2) is 0 Å². The van der Waals surface area contributed by atoms with Gasteiger partial charge in [-0.25, -0.2) is 13.2 Å². The molecule has 2 N–H and O–H groups in total. The quantitative estimate of drug-likeness (QED) is 0.673. The molecule has 0 bridgehead atoms. The highest BCUT2D eigenvalue weighted by Crippen LogP contribution is 2.27. The van der Waals surface area contributed by atoms with Gasteiger partial charge in [-0.1, -0.05) is 6.07 Å². The van der Waals surface area contributed by atoms with Crippen molar-refractivity contribution in [1.82, 2.24) is 0 Å². The summed E-state index contributed by atoms with van der Waals surface area (Å²) in [5.74, 6) is -1.26. The molecule has 2 aromatic carbocycles. The third kappa shape index (κ3) is 2.98. The number of benzene rings is 2. The average molecular weight is 269 g/mol. The molecule has 0 aliphatic heterocycles. The van der Waals surface area contributed by atoms with E-state index in [1.165, 1.54) is 12.1 Å². The van der Waals surface area contributed by atoms with Gasteiger partial charge in [0.25, 0.3) is 0 Å². The fraction of sp³-hybridized carbons (Fsp3) is 0.0769. The van der Waals surface area contributed by atoms with E-state index in [2.05, 4.69) is 0 Å². The van der Waals surface area contributed by atoms with Crippen LogP contribution in [0.4, 0.5) is 18.9 Å². The molecule has 0 aliphatic carbocycles. The smallest absolute Gasteiger partial charge is 0.136 e. The minimum atomic E-state index is -0.517. The summed E-state index contributed by atoms with van der Waals surface area (Å²) in [5, 5.41) is 0. The Morgan fingerprint density at radius 2 is 1.72 bits per heavy atom. The predicted molar refractivity (Wildman–Crippen MR) is 66.7 cm³/mol. The van der Waals surface area contributed by atoms with Crippen LogP contribution in [0.2, 0.25) is 0 Å². The fourth-order valence-corrected chi connectivity index (χ4v) is 2.37. The van der Waals surface area contributed by atoms with E-state index in [4.69, 9.17) is 5.73 Å². The molecule has 0 atom stereocenters. The van der Waals surface area contributed by atoms with Crippen molar-refractivity contribution in [3.8, 4) is 0 Å². The lowest BCUT2D eigenvalue weighted by molar-refractivity contribution is 0.577. The van der Waals surface area contributed by atoms with Crippen molar-refractivity contribution in [2.75, 3.05) is 5.73 Å². The van der Waals surface area contributed by atoms with E-state index < -0.39 is 17.5 Å². The number of thioether (sulfide) groups is 1. The molecule has 0 saturated carbocycles. The second-order valence-electron chi connectivity index (χ2n) is 3.71. The van der Waals surface area contributed by atoms with Crippen molar-refractivity contribution < 1.29 is 13.2 Å². The topological polar surface area (TPSA) is 26.0 Å². The Balaban J connectivity index is 2.13. The zero-order valence-corrected chi connectivity index (χ0v) is 10.1. The lowest BCUT2D eigenvalue weighted by atomic mass is 10.2. The van der Waals surface area contributed by atoms with Crippen molar-refractivity contribution in [1.29, 1.82) is 0 Å². The second kappa shape index (κ2) is 5.35. The van der Waals surface area contributed by atoms with Gasteiger partial charge in [0, 0.05) is 16.3 Å². The van der Waals surface area contributed by atoms with Crippen molar-refractivity contribution in [2.24, 2.45) is 0 Å². The molecule has 2 rings (SSSR count). The Kier molecular flexibility index (Phi) is 3.81. The van der Waals surface area contributed by atoms with Crippen LogP contribution in [0.5, 0.6) is 0 Å². The van der Waals surface area contributed by atoms with E-state index in [9.17, 15) is 13.2 Å². The largest absolute Gasteiger partial charge is 0.399 e. The Bertz CT molecular complexity index is 572. The Hall–Kier alpha value is -1.62. The molecule has 0 radical (unpaired) electrons. The highest BCUT2D eigenvalue weighted by Gasteiger charge is 2.07. The highest BCUT2D eigenvalue weighted by atomic mass is 32.2. The Morgan fingerprint density at radius 1 is 0.944 bits per heavy atom. The number of anilines is 1. The SMILES string of the molecule is Nc1ccc(CSc2cc(F)ccc2F)c(F)c1. The van der Waals surface area contributed by atoms with E-state index >= 15 is 0 Å². The van der Waals surface area contributed by atoms with Crippen LogP contribution in [-0.2, 0) is 5.75 Å². The maximum atomic E-state index is 13.5. The van der Waals surface area contributed by atoms with Crippen LogP contribution in [0.1, 0.15) is 5.56 Å². The second-order valence-corrected chi connectivity index (χ2v) is 4.73. The Labute approximate surface area is 107 Å². The van der Waals surface area contributed by atoms with Gasteiger partial charge in [0.15, 0.2) is 0 Å². The number of nitrogen functional groups attached to an aromatic ring is 1. The molecule has 1 nitrogen and oxygen atoms in total. The van der Waals surface area contributed by atoms with Gasteiger partial charge in [-0.15, -0.1) is 11.8 Å². The van der Waals surface area contributed by atoms with Gasteiger partial charge in [0.2, 0.25) is 0 Å². The molecule has 18 heavy (non-hydrogen) atoms. The predicted octanol–water partition coefficient (Wildman–Crippen LogP) is 3.98. The molecule has 0 heterocycles. The molecular weight excluding hydrogens is 259 g/mol. The van der Waals surface area contributed by atoms with Crippen LogP contribution in [0.3, 0.4) is 0 Å². The first-order chi connectivity index (χ1) is 8.56. The molecular formula is C13H10F3NS. The molecule has 0 aromatic heterocycles. The lowest BCUT2D eigenvalue weighted by Crippen LogP contribution is -1.92. The van der Waals surface area contributed by atoms with Crippen molar-refractivity contribution in [2.45, 2.75) is 10.6 Å². The molecule has 94 valence electrons. The first kappa shape index (κ1) is 12.8. The molecule has 5 heteroatoms. The number of nitrogens with two attached hydrogens (primary N) is 1. The summed E-state index contributed by atoms with van der Waals surface area (Å²) < 4.78 is 39.7. The van der Waals surface area contributed by atoms with Crippen LogP contribution in [0.25, 0.3) is 0 Å². The van der Waals surface area contributed by atoms with Gasteiger partial charge in [-0.3, -0.25) is 0 Å². The van der Waals surface area contributed by atoms with E-state index in [0.717, 1.165) is 30.0 Å². The molecule has 0 unspecified atom stereocenters. The standard InChI is InChI=1S/C13H10F3NS/c14-9-2-4-11(15)13(5-9)18-7-8-1-3-10(17)6-12(8)16/h1-6H,7,17H2. The minimum Gasteiger partial charge on any atom is -0.399 e. The van der Waals surface area contributed by atoms with Gasteiger partial charge in [-0.05, 0) is 35.9 Å². The van der Waals surface area contributed by atoms with Crippen LogP contribution in [0, 0.1) is 17.5 Å². The van der Waals surface area contributed by atoms with Crippen LogP contribution < -0.4 is 5.73 Å². The van der Waals surface area contributed by atoms with Crippen LogP contribution in [0.15, 0.2) is 41.3 Å².